The van der Waals surface area contributed by atoms with E-state index in [9.17, 15) is 25.3 Å². The van der Waals surface area contributed by atoms with Crippen molar-refractivity contribution in [3.63, 3.8) is 0 Å². The Balaban J connectivity index is 1.42. The molecule has 0 saturated carbocycles. The molecule has 0 aromatic heterocycles. The Hall–Kier alpha value is -5.26. The molecule has 0 spiro atoms. The molecule has 4 aromatic rings. The van der Waals surface area contributed by atoms with E-state index in [0.29, 0.717) is 68.9 Å². The summed E-state index contributed by atoms with van der Waals surface area (Å²) in [7, 11) is 0. The number of nitrogens with zero attached hydrogens (tertiary/aromatic N) is 4. The number of azo groups is 1. The lowest BCUT2D eigenvalue weighted by Gasteiger charge is -2.16. The maximum atomic E-state index is 11.6. The third-order valence-electron chi connectivity index (χ3n) is 7.32. The number of hydrogen-bond donors (Lipinski definition) is 1. The van der Waals surface area contributed by atoms with E-state index in [-0.39, 0.29) is 50.2 Å². The molecule has 5 rings (SSSR count). The Morgan fingerprint density at radius 3 is 1.70 bits per heavy atom. The standard InChI is InChI=1S/C34H36N4O12/c39-34-26-17-28(35-36-30-6-5-29(37(40)41)21-31(30)38(42)43)18-27(34)23-50-33-20-25-4-2-1-3-24(25)19-32(33)49-16-15-47-12-11-45-8-7-44-9-10-46-13-14-48-22-26/h1-6,17-21,39H,7-16,22-23H2. The summed E-state index contributed by atoms with van der Waals surface area (Å²) in [4.78, 5) is 21.3. The van der Waals surface area contributed by atoms with Gasteiger partial charge in [0.25, 0.3) is 5.69 Å². The molecule has 0 amide bonds. The van der Waals surface area contributed by atoms with Crippen LogP contribution in [0, 0.1) is 20.2 Å². The molecule has 264 valence electrons. The number of fused-ring (bicyclic) bond motifs is 4. The molecule has 2 bridgehead atoms. The molecule has 4 aromatic carbocycles. The Morgan fingerprint density at radius 2 is 1.12 bits per heavy atom. The topological polar surface area (TPSA) is 196 Å². The third-order valence-corrected chi connectivity index (χ3v) is 7.32. The lowest BCUT2D eigenvalue weighted by atomic mass is 10.1. The highest BCUT2D eigenvalue weighted by Crippen LogP contribution is 2.37. The van der Waals surface area contributed by atoms with Gasteiger partial charge >= 0.3 is 5.69 Å². The second-order valence-corrected chi connectivity index (χ2v) is 10.8. The fourth-order valence-corrected chi connectivity index (χ4v) is 4.84. The van der Waals surface area contributed by atoms with Crippen molar-refractivity contribution in [2.24, 2.45) is 10.2 Å². The molecule has 16 heteroatoms. The van der Waals surface area contributed by atoms with E-state index in [0.717, 1.165) is 29.0 Å². The van der Waals surface area contributed by atoms with Gasteiger partial charge in [-0.05, 0) is 41.1 Å². The summed E-state index contributed by atoms with van der Waals surface area (Å²) in [6.07, 6.45) is 0. The minimum atomic E-state index is -0.774. The van der Waals surface area contributed by atoms with Crippen LogP contribution in [0.5, 0.6) is 17.2 Å². The van der Waals surface area contributed by atoms with Crippen LogP contribution in [0.4, 0.5) is 22.7 Å². The van der Waals surface area contributed by atoms with Gasteiger partial charge in [0.15, 0.2) is 17.2 Å². The molecule has 1 heterocycles. The van der Waals surface area contributed by atoms with Crippen LogP contribution in [0.25, 0.3) is 10.8 Å². The number of benzene rings is 4. The van der Waals surface area contributed by atoms with E-state index in [1.807, 2.05) is 36.4 Å². The van der Waals surface area contributed by atoms with Crippen molar-refractivity contribution >= 4 is 33.5 Å². The molecule has 0 saturated heterocycles. The normalized spacial score (nSPS) is 16.1. The number of nitro groups is 2. The molecule has 16 nitrogen and oxygen atoms in total. The lowest BCUT2D eigenvalue weighted by Crippen LogP contribution is -2.14. The highest BCUT2D eigenvalue weighted by molar-refractivity contribution is 5.86. The number of nitro benzene ring substituents is 2. The largest absolute Gasteiger partial charge is 0.507 e. The zero-order valence-electron chi connectivity index (χ0n) is 27.1. The molecular formula is C34H36N4O12. The fraction of sp³-hybridized carbons (Fsp3) is 0.353. The van der Waals surface area contributed by atoms with E-state index in [4.69, 9.17) is 33.2 Å². The van der Waals surface area contributed by atoms with E-state index in [1.54, 1.807) is 0 Å². The summed E-state index contributed by atoms with van der Waals surface area (Å²) < 4.78 is 40.2. The van der Waals surface area contributed by atoms with Crippen molar-refractivity contribution in [1.29, 1.82) is 0 Å². The van der Waals surface area contributed by atoms with Gasteiger partial charge in [0, 0.05) is 17.2 Å². The second kappa shape index (κ2) is 18.5. The highest BCUT2D eigenvalue weighted by atomic mass is 16.6. The van der Waals surface area contributed by atoms with E-state index < -0.39 is 21.2 Å². The summed E-state index contributed by atoms with van der Waals surface area (Å²) in [6, 6.07) is 17.5. The average Bonchev–Trinajstić information content (AvgIpc) is 3.11. The van der Waals surface area contributed by atoms with Crippen molar-refractivity contribution in [2.45, 2.75) is 13.2 Å². The van der Waals surface area contributed by atoms with Gasteiger partial charge in [0.2, 0.25) is 0 Å². The van der Waals surface area contributed by atoms with Crippen molar-refractivity contribution in [1.82, 2.24) is 0 Å². The van der Waals surface area contributed by atoms with Gasteiger partial charge in [-0.3, -0.25) is 20.2 Å². The van der Waals surface area contributed by atoms with Crippen LogP contribution in [0.3, 0.4) is 0 Å². The zero-order chi connectivity index (χ0) is 35.1. The SMILES string of the molecule is O=[N+]([O-])c1ccc(N=Nc2cc3c(O)c(c2)COc2cc4ccccc4cc2OCCOCCOCCOCCOCCOC3)c([N+](=O)[O-])c1. The van der Waals surface area contributed by atoms with Crippen LogP contribution in [-0.4, -0.2) is 81.0 Å². The molecule has 0 radical (unpaired) electrons. The number of rotatable bonds is 4. The fourth-order valence-electron chi connectivity index (χ4n) is 4.84. The molecular weight excluding hydrogens is 656 g/mol. The number of hydrogen-bond acceptors (Lipinski definition) is 14. The minimum Gasteiger partial charge on any atom is -0.507 e. The van der Waals surface area contributed by atoms with Crippen molar-refractivity contribution in [3.05, 3.63) is 98.1 Å². The molecule has 1 aliphatic heterocycles. The lowest BCUT2D eigenvalue weighted by molar-refractivity contribution is -0.393. The van der Waals surface area contributed by atoms with Crippen LogP contribution in [-0.2, 0) is 36.9 Å². The first-order chi connectivity index (χ1) is 24.4. The Bertz CT molecular complexity index is 1800. The summed E-state index contributed by atoms with van der Waals surface area (Å²) in [5.41, 5.74) is -0.334. The van der Waals surface area contributed by atoms with Gasteiger partial charge in [-0.1, -0.05) is 24.3 Å². The number of ether oxygens (including phenoxy) is 7. The van der Waals surface area contributed by atoms with E-state index >= 15 is 0 Å². The number of phenols is 1. The summed E-state index contributed by atoms with van der Waals surface area (Å²) >= 11 is 0. The van der Waals surface area contributed by atoms with Gasteiger partial charge in [0.1, 0.15) is 19.0 Å². The maximum Gasteiger partial charge on any atom is 0.303 e. The molecule has 50 heavy (non-hydrogen) atoms. The molecule has 0 aliphatic carbocycles. The van der Waals surface area contributed by atoms with Crippen molar-refractivity contribution in [3.8, 4) is 17.2 Å². The zero-order valence-corrected chi connectivity index (χ0v) is 27.1. The predicted molar refractivity (Wildman–Crippen MR) is 179 cm³/mol. The number of aromatic hydroxyl groups is 1. The van der Waals surface area contributed by atoms with E-state index in [2.05, 4.69) is 10.2 Å². The van der Waals surface area contributed by atoms with Gasteiger partial charge in [-0.2, -0.15) is 5.11 Å². The van der Waals surface area contributed by atoms with Crippen LogP contribution in [0.2, 0.25) is 0 Å². The number of non-ortho nitro benzene ring substituents is 1. The van der Waals surface area contributed by atoms with Crippen LogP contribution in [0.15, 0.2) is 77.0 Å². The van der Waals surface area contributed by atoms with Gasteiger partial charge in [-0.15, -0.1) is 5.11 Å². The van der Waals surface area contributed by atoms with Crippen LogP contribution >= 0.6 is 0 Å². The Labute approximate surface area is 286 Å². The molecule has 0 atom stereocenters. The first-order valence-corrected chi connectivity index (χ1v) is 15.8. The second-order valence-electron chi connectivity index (χ2n) is 10.8. The van der Waals surface area contributed by atoms with E-state index in [1.165, 1.54) is 12.1 Å². The van der Waals surface area contributed by atoms with Crippen LogP contribution < -0.4 is 9.47 Å². The van der Waals surface area contributed by atoms with Gasteiger partial charge < -0.3 is 38.3 Å². The van der Waals surface area contributed by atoms with Crippen LogP contribution in [0.1, 0.15) is 11.1 Å². The Morgan fingerprint density at radius 1 is 0.580 bits per heavy atom. The Kier molecular flexibility index (Phi) is 13.3. The van der Waals surface area contributed by atoms with Gasteiger partial charge in [-0.25, -0.2) is 0 Å². The highest BCUT2D eigenvalue weighted by Gasteiger charge is 2.20. The molecule has 0 fully saturated rings. The average molecular weight is 693 g/mol. The first kappa shape index (κ1) is 36.0. The third kappa shape index (κ3) is 10.4. The minimum absolute atomic E-state index is 0.0264. The monoisotopic (exact) mass is 692 g/mol. The molecule has 0 unspecified atom stereocenters. The van der Waals surface area contributed by atoms with Crippen molar-refractivity contribution in [2.75, 3.05) is 66.1 Å². The number of phenolic OH excluding ortho intramolecular Hbond substituents is 1. The van der Waals surface area contributed by atoms with Gasteiger partial charge in [0.05, 0.1) is 87.7 Å². The maximum absolute atomic E-state index is 11.6. The molecule has 1 aliphatic rings. The summed E-state index contributed by atoms with van der Waals surface area (Å²) in [5.74, 6) is 0.789. The summed E-state index contributed by atoms with van der Waals surface area (Å²) in [6.45, 7) is 3.30. The summed E-state index contributed by atoms with van der Waals surface area (Å²) in [5, 5.41) is 44.1. The first-order valence-electron chi connectivity index (χ1n) is 15.8. The predicted octanol–water partition coefficient (Wildman–Crippen LogP) is 6.33. The quantitative estimate of drug-likeness (QED) is 0.142. The smallest absolute Gasteiger partial charge is 0.303 e. The molecule has 1 N–H and O–H groups in total. The van der Waals surface area contributed by atoms with Crippen molar-refractivity contribution < 1.29 is 48.1 Å².